The highest BCUT2D eigenvalue weighted by molar-refractivity contribution is 5.05. The number of nitrogens with zero attached hydrogens (tertiary/aromatic N) is 2. The average molecular weight is 281 g/mol. The quantitative estimate of drug-likeness (QED) is 0.626. The molecule has 1 N–H and O–H groups in total. The standard InChI is InChI=1S/C17H35N3/c1-7-11-19-17(6,14-18)12-15(5)20(10-4)13-16(8-2)9-3/h15-16,19H,7-13H2,1-6H3. The van der Waals surface area contributed by atoms with Crippen LogP contribution >= 0.6 is 0 Å². The molecule has 0 radical (unpaired) electrons. The molecule has 0 aliphatic rings. The van der Waals surface area contributed by atoms with Gasteiger partial charge < -0.3 is 4.90 Å². The summed E-state index contributed by atoms with van der Waals surface area (Å²) < 4.78 is 0. The van der Waals surface area contributed by atoms with E-state index in [-0.39, 0.29) is 0 Å². The Balaban J connectivity index is 4.59. The predicted octanol–water partition coefficient (Wildman–Crippen LogP) is 3.80. The van der Waals surface area contributed by atoms with Gasteiger partial charge in [-0.2, -0.15) is 5.26 Å². The highest BCUT2D eigenvalue weighted by Crippen LogP contribution is 2.19. The minimum atomic E-state index is -0.406. The van der Waals surface area contributed by atoms with Crippen molar-refractivity contribution in [2.24, 2.45) is 5.92 Å². The van der Waals surface area contributed by atoms with Crippen molar-refractivity contribution in [1.82, 2.24) is 10.2 Å². The Bertz CT molecular complexity index is 280. The van der Waals surface area contributed by atoms with E-state index in [1.807, 2.05) is 6.92 Å². The molecule has 0 rings (SSSR count). The fourth-order valence-electron chi connectivity index (χ4n) is 2.78. The van der Waals surface area contributed by atoms with Gasteiger partial charge in [0.05, 0.1) is 6.07 Å². The van der Waals surface area contributed by atoms with E-state index >= 15 is 0 Å². The van der Waals surface area contributed by atoms with E-state index in [4.69, 9.17) is 0 Å². The Hall–Kier alpha value is -0.590. The van der Waals surface area contributed by atoms with Crippen LogP contribution in [0.4, 0.5) is 0 Å². The first-order chi connectivity index (χ1) is 9.46. The summed E-state index contributed by atoms with van der Waals surface area (Å²) in [4.78, 5) is 2.53. The lowest BCUT2D eigenvalue weighted by atomic mass is 9.93. The fourth-order valence-corrected chi connectivity index (χ4v) is 2.78. The largest absolute Gasteiger partial charge is 0.301 e. The van der Waals surface area contributed by atoms with Crippen molar-refractivity contribution in [1.29, 1.82) is 5.26 Å². The summed E-state index contributed by atoms with van der Waals surface area (Å²) in [6.45, 7) is 16.3. The third kappa shape index (κ3) is 6.72. The van der Waals surface area contributed by atoms with Gasteiger partial charge in [-0.3, -0.25) is 5.32 Å². The molecule has 0 aromatic carbocycles. The van der Waals surface area contributed by atoms with Gasteiger partial charge >= 0.3 is 0 Å². The summed E-state index contributed by atoms with van der Waals surface area (Å²) in [6.07, 6.45) is 4.43. The average Bonchev–Trinajstić information content (AvgIpc) is 2.46. The van der Waals surface area contributed by atoms with Crippen LogP contribution in [-0.2, 0) is 0 Å². The molecule has 0 aromatic rings. The van der Waals surface area contributed by atoms with Crippen LogP contribution in [-0.4, -0.2) is 36.1 Å². The Morgan fingerprint density at radius 3 is 2.20 bits per heavy atom. The van der Waals surface area contributed by atoms with Gasteiger partial charge in [0.25, 0.3) is 0 Å². The van der Waals surface area contributed by atoms with E-state index in [1.165, 1.54) is 12.8 Å². The minimum Gasteiger partial charge on any atom is -0.301 e. The van der Waals surface area contributed by atoms with E-state index in [9.17, 15) is 5.26 Å². The second-order valence-electron chi connectivity index (χ2n) is 6.19. The molecule has 20 heavy (non-hydrogen) atoms. The van der Waals surface area contributed by atoms with Crippen LogP contribution in [0.5, 0.6) is 0 Å². The minimum absolute atomic E-state index is 0.406. The van der Waals surface area contributed by atoms with Crippen LogP contribution in [0.3, 0.4) is 0 Å². The number of hydrogen-bond acceptors (Lipinski definition) is 3. The van der Waals surface area contributed by atoms with Crippen LogP contribution in [0.25, 0.3) is 0 Å². The van der Waals surface area contributed by atoms with Gasteiger partial charge in [0.2, 0.25) is 0 Å². The van der Waals surface area contributed by atoms with Crippen molar-refractivity contribution in [3.05, 3.63) is 0 Å². The molecule has 0 aliphatic carbocycles. The highest BCUT2D eigenvalue weighted by atomic mass is 15.2. The second-order valence-corrected chi connectivity index (χ2v) is 6.19. The Labute approximate surface area is 126 Å². The Morgan fingerprint density at radius 2 is 1.80 bits per heavy atom. The number of nitrogens with one attached hydrogen (secondary N) is 1. The topological polar surface area (TPSA) is 39.1 Å². The fraction of sp³-hybridized carbons (Fsp3) is 0.941. The van der Waals surface area contributed by atoms with Gasteiger partial charge in [-0.05, 0) is 45.7 Å². The van der Waals surface area contributed by atoms with Gasteiger partial charge in [-0.25, -0.2) is 0 Å². The maximum absolute atomic E-state index is 9.46. The van der Waals surface area contributed by atoms with Crippen molar-refractivity contribution in [3.63, 3.8) is 0 Å². The zero-order valence-corrected chi connectivity index (χ0v) is 14.5. The summed E-state index contributed by atoms with van der Waals surface area (Å²) in [5.74, 6) is 0.773. The Morgan fingerprint density at radius 1 is 1.20 bits per heavy atom. The van der Waals surface area contributed by atoms with Crippen LogP contribution in [0, 0.1) is 17.2 Å². The summed E-state index contributed by atoms with van der Waals surface area (Å²) in [6, 6.07) is 2.91. The van der Waals surface area contributed by atoms with Gasteiger partial charge in [0, 0.05) is 12.6 Å². The molecule has 3 heteroatoms. The zero-order valence-electron chi connectivity index (χ0n) is 14.5. The summed E-state index contributed by atoms with van der Waals surface area (Å²) >= 11 is 0. The molecule has 0 bridgehead atoms. The number of hydrogen-bond donors (Lipinski definition) is 1. The molecular formula is C17H35N3. The zero-order chi connectivity index (χ0) is 15.6. The molecule has 2 atom stereocenters. The molecule has 0 fully saturated rings. The molecule has 0 saturated carbocycles. The van der Waals surface area contributed by atoms with Crippen molar-refractivity contribution in [3.8, 4) is 6.07 Å². The monoisotopic (exact) mass is 281 g/mol. The first kappa shape index (κ1) is 19.4. The summed E-state index contributed by atoms with van der Waals surface area (Å²) in [5.41, 5.74) is -0.406. The van der Waals surface area contributed by atoms with E-state index in [1.54, 1.807) is 0 Å². The lowest BCUT2D eigenvalue weighted by Crippen LogP contribution is -2.48. The normalized spacial score (nSPS) is 16.1. The van der Waals surface area contributed by atoms with Crippen molar-refractivity contribution in [2.45, 2.75) is 78.8 Å². The van der Waals surface area contributed by atoms with Crippen LogP contribution in [0.1, 0.15) is 67.2 Å². The predicted molar refractivity (Wildman–Crippen MR) is 87.7 cm³/mol. The van der Waals surface area contributed by atoms with Crippen molar-refractivity contribution in [2.75, 3.05) is 19.6 Å². The Kier molecular flexibility index (Phi) is 9.88. The van der Waals surface area contributed by atoms with E-state index in [0.717, 1.165) is 38.4 Å². The maximum Gasteiger partial charge on any atom is 0.105 e. The molecule has 2 unspecified atom stereocenters. The first-order valence-electron chi connectivity index (χ1n) is 8.36. The molecule has 118 valence electrons. The van der Waals surface area contributed by atoms with Gasteiger partial charge in [-0.1, -0.05) is 40.5 Å². The summed E-state index contributed by atoms with van der Waals surface area (Å²) in [7, 11) is 0. The highest BCUT2D eigenvalue weighted by Gasteiger charge is 2.28. The molecule has 0 spiro atoms. The number of nitriles is 1. The molecule has 0 aliphatic heterocycles. The van der Waals surface area contributed by atoms with Crippen LogP contribution < -0.4 is 5.32 Å². The summed E-state index contributed by atoms with van der Waals surface area (Å²) in [5, 5.41) is 12.9. The van der Waals surface area contributed by atoms with Gasteiger partial charge in [-0.15, -0.1) is 0 Å². The lowest BCUT2D eigenvalue weighted by molar-refractivity contribution is 0.155. The van der Waals surface area contributed by atoms with Gasteiger partial charge in [0.15, 0.2) is 0 Å². The van der Waals surface area contributed by atoms with E-state index in [0.29, 0.717) is 6.04 Å². The third-order valence-electron chi connectivity index (χ3n) is 4.39. The number of rotatable bonds is 11. The SMILES string of the molecule is CCCNC(C)(C#N)CC(C)N(CC)CC(CC)CC. The lowest BCUT2D eigenvalue weighted by Gasteiger charge is -2.35. The van der Waals surface area contributed by atoms with Crippen LogP contribution in [0.15, 0.2) is 0 Å². The van der Waals surface area contributed by atoms with Crippen LogP contribution in [0.2, 0.25) is 0 Å². The molecule has 0 aromatic heterocycles. The van der Waals surface area contributed by atoms with Crippen molar-refractivity contribution < 1.29 is 0 Å². The molecule has 3 nitrogen and oxygen atoms in total. The molecule has 0 saturated heterocycles. The van der Waals surface area contributed by atoms with E-state index in [2.05, 4.69) is 50.9 Å². The van der Waals surface area contributed by atoms with E-state index < -0.39 is 5.54 Å². The first-order valence-corrected chi connectivity index (χ1v) is 8.36. The maximum atomic E-state index is 9.46. The third-order valence-corrected chi connectivity index (χ3v) is 4.39. The smallest absolute Gasteiger partial charge is 0.105 e. The van der Waals surface area contributed by atoms with Crippen molar-refractivity contribution >= 4 is 0 Å². The second kappa shape index (κ2) is 10.2. The molecule has 0 heterocycles. The van der Waals surface area contributed by atoms with Gasteiger partial charge in [0.1, 0.15) is 5.54 Å². The molecule has 0 amide bonds. The molecular weight excluding hydrogens is 246 g/mol.